The minimum absolute atomic E-state index is 0.0268. The van der Waals surface area contributed by atoms with Crippen molar-refractivity contribution >= 4 is 6.16 Å². The first kappa shape index (κ1) is 21.8. The number of carboxylic acid groups (broad SMARTS) is 1. The van der Waals surface area contributed by atoms with E-state index in [-0.39, 0.29) is 17.3 Å². The van der Waals surface area contributed by atoms with Gasteiger partial charge in [0.2, 0.25) is 0 Å². The topological polar surface area (TPSA) is 78.8 Å². The van der Waals surface area contributed by atoms with Gasteiger partial charge < -0.3 is 20.3 Å². The van der Waals surface area contributed by atoms with Gasteiger partial charge >= 0.3 is 6.16 Å². The molecule has 32 heavy (non-hydrogen) atoms. The normalized spacial score (nSPS) is 45.1. The molecule has 5 heteroatoms. The molecule has 4 aliphatic carbocycles. The van der Waals surface area contributed by atoms with Crippen molar-refractivity contribution in [1.82, 2.24) is 5.32 Å². The molecule has 5 rings (SSSR count). The van der Waals surface area contributed by atoms with E-state index in [1.165, 1.54) is 24.7 Å². The van der Waals surface area contributed by atoms with Crippen molar-refractivity contribution in [1.29, 1.82) is 0 Å². The number of ether oxygens (including phenoxy) is 1. The Morgan fingerprint density at radius 3 is 2.84 bits per heavy atom. The summed E-state index contributed by atoms with van der Waals surface area (Å²) in [6.07, 6.45) is 17.2. The Balaban J connectivity index is 1.55. The number of hydrogen-bond acceptors (Lipinski definition) is 4. The summed E-state index contributed by atoms with van der Waals surface area (Å²) in [5.41, 5.74) is 1.21. The molecule has 174 valence electrons. The van der Waals surface area contributed by atoms with Crippen LogP contribution in [0.5, 0.6) is 0 Å². The van der Waals surface area contributed by atoms with Crippen molar-refractivity contribution in [3.63, 3.8) is 0 Å². The first-order chi connectivity index (χ1) is 15.4. The maximum atomic E-state index is 12.5. The van der Waals surface area contributed by atoms with E-state index in [1.807, 2.05) is 0 Å². The Kier molecular flexibility index (Phi) is 5.51. The van der Waals surface area contributed by atoms with E-state index < -0.39 is 11.8 Å². The quantitative estimate of drug-likeness (QED) is 0.404. The van der Waals surface area contributed by atoms with Crippen molar-refractivity contribution < 1.29 is 19.7 Å². The summed E-state index contributed by atoms with van der Waals surface area (Å²) in [6, 6.07) is 0. The lowest BCUT2D eigenvalue weighted by Gasteiger charge is -2.56. The Bertz CT molecular complexity index is 875. The average Bonchev–Trinajstić information content (AvgIpc) is 3.32. The summed E-state index contributed by atoms with van der Waals surface area (Å²) in [5, 5.41) is 24.9. The van der Waals surface area contributed by atoms with E-state index in [1.54, 1.807) is 6.08 Å². The molecule has 8 atom stereocenters. The highest BCUT2D eigenvalue weighted by molar-refractivity contribution is 5.57. The molecule has 0 aromatic heterocycles. The van der Waals surface area contributed by atoms with E-state index in [0.29, 0.717) is 23.7 Å². The summed E-state index contributed by atoms with van der Waals surface area (Å²) >= 11 is 0. The Labute approximate surface area is 191 Å². The maximum absolute atomic E-state index is 12.5. The molecule has 2 saturated carbocycles. The minimum Gasteiger partial charge on any atom is -0.449 e. The second-order valence-electron chi connectivity index (χ2n) is 10.7. The van der Waals surface area contributed by atoms with Crippen LogP contribution in [-0.4, -0.2) is 28.5 Å². The van der Waals surface area contributed by atoms with E-state index in [4.69, 9.17) is 9.84 Å². The van der Waals surface area contributed by atoms with Gasteiger partial charge in [-0.2, -0.15) is 0 Å². The molecule has 0 bridgehead atoms. The molecule has 3 fully saturated rings. The molecule has 1 unspecified atom stereocenters. The number of nitrogens with one attached hydrogen (secondary N) is 1. The molecule has 0 aromatic rings. The smallest absolute Gasteiger partial charge is 0.449 e. The fourth-order valence-corrected chi connectivity index (χ4v) is 8.65. The number of aliphatic hydroxyl groups is 1. The van der Waals surface area contributed by atoms with Gasteiger partial charge in [0.15, 0.2) is 0 Å². The number of rotatable bonds is 4. The van der Waals surface area contributed by atoms with Crippen LogP contribution in [-0.2, 0) is 4.74 Å². The molecular weight excluding hydrogens is 402 g/mol. The number of hydrogen-bond donors (Lipinski definition) is 3. The van der Waals surface area contributed by atoms with Crippen LogP contribution in [0.15, 0.2) is 48.4 Å². The van der Waals surface area contributed by atoms with Gasteiger partial charge in [-0.25, -0.2) is 4.79 Å². The van der Waals surface area contributed by atoms with Crippen LogP contribution in [0.25, 0.3) is 0 Å². The van der Waals surface area contributed by atoms with Crippen LogP contribution >= 0.6 is 0 Å². The predicted octanol–water partition coefficient (Wildman–Crippen LogP) is 5.40. The second-order valence-corrected chi connectivity index (χ2v) is 10.7. The van der Waals surface area contributed by atoms with Gasteiger partial charge in [0, 0.05) is 29.5 Å². The highest BCUT2D eigenvalue weighted by atomic mass is 16.7. The monoisotopic (exact) mass is 439 g/mol. The molecule has 0 spiro atoms. The standard InChI is InChI=1S/C27H37NO4/c1-3-26-12-10-21-20-7-5-4-6-18(20)8-9-22(21)23(26)16-24(19-11-14-28-17(19)2)27(26,31)13-15-32-25(29)30/h4,6,8,13,15,19-24,28,31H,2-3,5,7,9-12,14,16H2,1H3,(H,29,30)/b15-13-/t19?,20-,21+,22+,23-,24+,26-,27-/m0/s1. The molecule has 1 aliphatic heterocycles. The van der Waals surface area contributed by atoms with Crippen molar-refractivity contribution in [2.45, 2.75) is 63.9 Å². The van der Waals surface area contributed by atoms with Crippen LogP contribution in [0, 0.1) is 40.9 Å². The molecule has 5 aliphatic rings. The summed E-state index contributed by atoms with van der Waals surface area (Å²) in [4.78, 5) is 11.0. The second kappa shape index (κ2) is 8.09. The van der Waals surface area contributed by atoms with Gasteiger partial charge in [-0.05, 0) is 86.7 Å². The van der Waals surface area contributed by atoms with Gasteiger partial charge in [0.25, 0.3) is 0 Å². The van der Waals surface area contributed by atoms with Crippen molar-refractivity contribution in [2.24, 2.45) is 40.9 Å². The lowest BCUT2D eigenvalue weighted by Crippen LogP contribution is -2.55. The van der Waals surface area contributed by atoms with Gasteiger partial charge in [-0.15, -0.1) is 0 Å². The molecule has 3 N–H and O–H groups in total. The number of fused-ring (bicyclic) bond motifs is 5. The number of allylic oxidation sites excluding steroid dienone is 5. The molecule has 5 nitrogen and oxygen atoms in total. The highest BCUT2D eigenvalue weighted by Crippen LogP contribution is 2.69. The van der Waals surface area contributed by atoms with Crippen LogP contribution in [0.1, 0.15) is 58.3 Å². The zero-order valence-corrected chi connectivity index (χ0v) is 19.1. The SMILES string of the molecule is C=C1NCCC1[C@H]1C[C@H]2[C@@H]3CC=C4C=CCC[C@@H]4[C@H]3CC[C@]2(CC)[C@]1(O)/C=C\OC(=O)O. The Morgan fingerprint density at radius 1 is 1.28 bits per heavy atom. The predicted molar refractivity (Wildman–Crippen MR) is 124 cm³/mol. The summed E-state index contributed by atoms with van der Waals surface area (Å²) in [7, 11) is 0. The lowest BCUT2D eigenvalue weighted by molar-refractivity contribution is -0.117. The highest BCUT2D eigenvalue weighted by Gasteiger charge is 2.67. The summed E-state index contributed by atoms with van der Waals surface area (Å²) < 4.78 is 4.77. The van der Waals surface area contributed by atoms with Crippen LogP contribution in [0.2, 0.25) is 0 Å². The van der Waals surface area contributed by atoms with Crippen molar-refractivity contribution in [3.8, 4) is 0 Å². The average molecular weight is 440 g/mol. The molecule has 1 saturated heterocycles. The van der Waals surface area contributed by atoms with E-state index in [0.717, 1.165) is 50.8 Å². The first-order valence-corrected chi connectivity index (χ1v) is 12.5. The van der Waals surface area contributed by atoms with E-state index >= 15 is 0 Å². The van der Waals surface area contributed by atoms with Crippen LogP contribution in [0.4, 0.5) is 4.79 Å². The zero-order valence-electron chi connectivity index (χ0n) is 19.1. The molecule has 0 amide bonds. The molecule has 1 heterocycles. The van der Waals surface area contributed by atoms with E-state index in [2.05, 4.69) is 37.0 Å². The zero-order chi connectivity index (χ0) is 22.5. The fraction of sp³-hybridized carbons (Fsp3) is 0.667. The maximum Gasteiger partial charge on any atom is 0.510 e. The Morgan fingerprint density at radius 2 is 2.12 bits per heavy atom. The third kappa shape index (κ3) is 3.11. The van der Waals surface area contributed by atoms with Crippen LogP contribution in [0.3, 0.4) is 0 Å². The van der Waals surface area contributed by atoms with Gasteiger partial charge in [0.05, 0.1) is 11.9 Å². The Hall–Kier alpha value is -2.01. The van der Waals surface area contributed by atoms with Crippen LogP contribution < -0.4 is 5.32 Å². The largest absolute Gasteiger partial charge is 0.510 e. The third-order valence-corrected chi connectivity index (χ3v) is 9.96. The third-order valence-electron chi connectivity index (χ3n) is 9.96. The van der Waals surface area contributed by atoms with E-state index in [9.17, 15) is 9.90 Å². The fourth-order valence-electron chi connectivity index (χ4n) is 8.65. The lowest BCUT2D eigenvalue weighted by atomic mass is 9.50. The molecular formula is C27H37NO4. The first-order valence-electron chi connectivity index (χ1n) is 12.5. The van der Waals surface area contributed by atoms with Gasteiger partial charge in [-0.3, -0.25) is 0 Å². The van der Waals surface area contributed by atoms with Crippen molar-refractivity contribution in [2.75, 3.05) is 6.54 Å². The number of carbonyl (C=O) groups is 1. The molecule has 0 aromatic carbocycles. The summed E-state index contributed by atoms with van der Waals surface area (Å²) in [5.74, 6) is 2.59. The summed E-state index contributed by atoms with van der Waals surface area (Å²) in [6.45, 7) is 7.37. The van der Waals surface area contributed by atoms with Crippen molar-refractivity contribution in [3.05, 3.63) is 48.4 Å². The van der Waals surface area contributed by atoms with Gasteiger partial charge in [-0.1, -0.05) is 31.7 Å². The minimum atomic E-state index is -1.34. The molecule has 0 radical (unpaired) electrons. The van der Waals surface area contributed by atoms with Gasteiger partial charge in [0.1, 0.15) is 0 Å².